The number of carbonyl (C=O) groups is 1. The van der Waals surface area contributed by atoms with E-state index in [9.17, 15) is 13.2 Å². The van der Waals surface area contributed by atoms with Gasteiger partial charge in [0, 0.05) is 17.3 Å². The highest BCUT2D eigenvalue weighted by Crippen LogP contribution is 2.21. The van der Waals surface area contributed by atoms with Gasteiger partial charge in [-0.2, -0.15) is 0 Å². The first-order chi connectivity index (χ1) is 11.9. The van der Waals surface area contributed by atoms with Crippen molar-refractivity contribution in [3.05, 3.63) is 48.5 Å². The van der Waals surface area contributed by atoms with Gasteiger partial charge in [-0.05, 0) is 48.9 Å². The Bertz CT molecular complexity index is 832. The molecule has 0 bridgehead atoms. The molecule has 0 aliphatic carbocycles. The van der Waals surface area contributed by atoms with Crippen LogP contribution in [0.3, 0.4) is 0 Å². The lowest BCUT2D eigenvalue weighted by Gasteiger charge is -2.12. The fourth-order valence-corrected chi connectivity index (χ4v) is 3.17. The van der Waals surface area contributed by atoms with Crippen molar-refractivity contribution < 1.29 is 17.9 Å². The Kier molecular flexibility index (Phi) is 6.03. The molecule has 2 aromatic carbocycles. The minimum absolute atomic E-state index is 0.0743. The molecule has 0 heterocycles. The molecule has 2 N–H and O–H groups in total. The maximum absolute atomic E-state index is 12.5. The van der Waals surface area contributed by atoms with Crippen molar-refractivity contribution in [3.63, 3.8) is 0 Å². The van der Waals surface area contributed by atoms with E-state index < -0.39 is 10.0 Å². The Morgan fingerprint density at radius 1 is 1.12 bits per heavy atom. The van der Waals surface area contributed by atoms with Crippen molar-refractivity contribution >= 4 is 27.3 Å². The van der Waals surface area contributed by atoms with Crippen LogP contribution in [-0.4, -0.2) is 21.4 Å². The van der Waals surface area contributed by atoms with Gasteiger partial charge in [-0.1, -0.05) is 19.9 Å². The fourth-order valence-electron chi connectivity index (χ4n) is 2.07. The number of anilines is 2. The SMILES string of the molecule is CC[C@H](C)C(=O)Nc1cccc(S(=O)(=O)Nc2ccc(OC)cc2)c1. The highest BCUT2D eigenvalue weighted by atomic mass is 32.2. The third-order valence-corrected chi connectivity index (χ3v) is 5.19. The number of rotatable bonds is 7. The van der Waals surface area contributed by atoms with Crippen molar-refractivity contribution in [1.82, 2.24) is 0 Å². The summed E-state index contributed by atoms with van der Waals surface area (Å²) in [7, 11) is -2.22. The molecule has 0 saturated heterocycles. The Morgan fingerprint density at radius 2 is 1.80 bits per heavy atom. The molecule has 6 nitrogen and oxygen atoms in total. The molecule has 0 aromatic heterocycles. The van der Waals surface area contributed by atoms with Gasteiger partial charge in [0.15, 0.2) is 0 Å². The number of hydrogen-bond acceptors (Lipinski definition) is 4. The topological polar surface area (TPSA) is 84.5 Å². The smallest absolute Gasteiger partial charge is 0.261 e. The number of amides is 1. The van der Waals surface area contributed by atoms with Crippen molar-refractivity contribution in [2.24, 2.45) is 5.92 Å². The third kappa shape index (κ3) is 4.96. The van der Waals surface area contributed by atoms with Crippen LogP contribution < -0.4 is 14.8 Å². The maximum atomic E-state index is 12.5. The molecule has 7 heteroatoms. The average molecular weight is 362 g/mol. The zero-order chi connectivity index (χ0) is 18.4. The Labute approximate surface area is 148 Å². The number of hydrogen-bond donors (Lipinski definition) is 2. The van der Waals surface area contributed by atoms with E-state index in [1.165, 1.54) is 12.1 Å². The second-order valence-corrected chi connectivity index (χ2v) is 7.34. The van der Waals surface area contributed by atoms with E-state index in [1.54, 1.807) is 43.5 Å². The van der Waals surface area contributed by atoms with Gasteiger partial charge in [-0.15, -0.1) is 0 Å². The van der Waals surface area contributed by atoms with Gasteiger partial charge >= 0.3 is 0 Å². The van der Waals surface area contributed by atoms with E-state index in [4.69, 9.17) is 4.74 Å². The maximum Gasteiger partial charge on any atom is 0.261 e. The minimum atomic E-state index is -3.76. The average Bonchev–Trinajstić information content (AvgIpc) is 2.61. The minimum Gasteiger partial charge on any atom is -0.497 e. The lowest BCUT2D eigenvalue weighted by Crippen LogP contribution is -2.20. The normalized spacial score (nSPS) is 12.3. The van der Waals surface area contributed by atoms with Gasteiger partial charge in [0.05, 0.1) is 12.0 Å². The second kappa shape index (κ2) is 8.02. The van der Waals surface area contributed by atoms with Gasteiger partial charge in [-0.3, -0.25) is 9.52 Å². The van der Waals surface area contributed by atoms with E-state index in [2.05, 4.69) is 10.0 Å². The molecule has 0 spiro atoms. The summed E-state index contributed by atoms with van der Waals surface area (Å²) in [5.74, 6) is 0.357. The van der Waals surface area contributed by atoms with E-state index in [0.717, 1.165) is 0 Å². The Balaban J connectivity index is 2.18. The van der Waals surface area contributed by atoms with Crippen LogP contribution in [0.5, 0.6) is 5.75 Å². The molecule has 2 rings (SSSR count). The summed E-state index contributed by atoms with van der Waals surface area (Å²) >= 11 is 0. The summed E-state index contributed by atoms with van der Waals surface area (Å²) < 4.78 is 32.6. The molecule has 0 aliphatic heterocycles. The largest absolute Gasteiger partial charge is 0.497 e. The number of carbonyl (C=O) groups excluding carboxylic acids is 1. The van der Waals surface area contributed by atoms with Crippen LogP contribution in [0.4, 0.5) is 11.4 Å². The summed E-state index contributed by atoms with van der Waals surface area (Å²) in [6.45, 7) is 3.74. The van der Waals surface area contributed by atoms with E-state index >= 15 is 0 Å². The molecule has 25 heavy (non-hydrogen) atoms. The standard InChI is InChI=1S/C18H22N2O4S/c1-4-13(2)18(21)19-15-6-5-7-17(12-15)25(22,23)20-14-8-10-16(24-3)11-9-14/h5-13,20H,4H2,1-3H3,(H,19,21)/t13-/m0/s1. The summed E-state index contributed by atoms with van der Waals surface area (Å²) in [6, 6.07) is 12.7. The fraction of sp³-hybridized carbons (Fsp3) is 0.278. The number of benzene rings is 2. The molecule has 0 saturated carbocycles. The van der Waals surface area contributed by atoms with Crippen LogP contribution in [0.25, 0.3) is 0 Å². The van der Waals surface area contributed by atoms with Crippen LogP contribution in [0, 0.1) is 5.92 Å². The van der Waals surface area contributed by atoms with Crippen LogP contribution in [0.2, 0.25) is 0 Å². The molecule has 0 fully saturated rings. The number of methoxy groups -OCH3 is 1. The molecule has 0 unspecified atom stereocenters. The van der Waals surface area contributed by atoms with E-state index in [1.807, 2.05) is 13.8 Å². The summed E-state index contributed by atoms with van der Waals surface area (Å²) in [5, 5.41) is 2.74. The molecular formula is C18H22N2O4S. The summed E-state index contributed by atoms with van der Waals surface area (Å²) in [6.07, 6.45) is 0.711. The summed E-state index contributed by atoms with van der Waals surface area (Å²) in [5.41, 5.74) is 0.873. The number of sulfonamides is 1. The first-order valence-electron chi connectivity index (χ1n) is 7.93. The van der Waals surface area contributed by atoms with E-state index in [0.29, 0.717) is 23.5 Å². The predicted molar refractivity (Wildman–Crippen MR) is 98.3 cm³/mol. The van der Waals surface area contributed by atoms with Gasteiger partial charge in [0.1, 0.15) is 5.75 Å². The van der Waals surface area contributed by atoms with Crippen molar-refractivity contribution in [3.8, 4) is 5.75 Å². The summed E-state index contributed by atoms with van der Waals surface area (Å²) in [4.78, 5) is 12.0. The molecule has 2 aromatic rings. The van der Waals surface area contributed by atoms with Crippen LogP contribution in [-0.2, 0) is 14.8 Å². The third-order valence-electron chi connectivity index (χ3n) is 3.81. The first-order valence-corrected chi connectivity index (χ1v) is 9.42. The lowest BCUT2D eigenvalue weighted by molar-refractivity contribution is -0.119. The van der Waals surface area contributed by atoms with Gasteiger partial charge in [-0.25, -0.2) is 8.42 Å². The molecule has 0 radical (unpaired) electrons. The second-order valence-electron chi connectivity index (χ2n) is 5.66. The zero-order valence-corrected chi connectivity index (χ0v) is 15.3. The lowest BCUT2D eigenvalue weighted by atomic mass is 10.1. The van der Waals surface area contributed by atoms with Crippen LogP contribution in [0.1, 0.15) is 20.3 Å². The highest BCUT2D eigenvalue weighted by molar-refractivity contribution is 7.92. The van der Waals surface area contributed by atoms with Crippen molar-refractivity contribution in [2.45, 2.75) is 25.2 Å². The number of ether oxygens (including phenoxy) is 1. The Hall–Kier alpha value is -2.54. The van der Waals surface area contributed by atoms with Gasteiger partial charge < -0.3 is 10.1 Å². The van der Waals surface area contributed by atoms with Crippen LogP contribution >= 0.6 is 0 Å². The predicted octanol–water partition coefficient (Wildman–Crippen LogP) is 3.48. The number of nitrogens with one attached hydrogen (secondary N) is 2. The molecule has 0 aliphatic rings. The molecule has 1 atom stereocenters. The quantitative estimate of drug-likeness (QED) is 0.790. The van der Waals surface area contributed by atoms with Crippen molar-refractivity contribution in [2.75, 3.05) is 17.1 Å². The van der Waals surface area contributed by atoms with E-state index in [-0.39, 0.29) is 16.7 Å². The van der Waals surface area contributed by atoms with Crippen LogP contribution in [0.15, 0.2) is 53.4 Å². The first kappa shape index (κ1) is 18.8. The molecule has 134 valence electrons. The highest BCUT2D eigenvalue weighted by Gasteiger charge is 2.16. The van der Waals surface area contributed by atoms with Gasteiger partial charge in [0.2, 0.25) is 5.91 Å². The Morgan fingerprint density at radius 3 is 2.40 bits per heavy atom. The monoisotopic (exact) mass is 362 g/mol. The molecular weight excluding hydrogens is 340 g/mol. The van der Waals surface area contributed by atoms with Crippen molar-refractivity contribution in [1.29, 1.82) is 0 Å². The zero-order valence-electron chi connectivity index (χ0n) is 14.4. The van der Waals surface area contributed by atoms with Gasteiger partial charge in [0.25, 0.3) is 10.0 Å². The molecule has 1 amide bonds.